The molecule has 27 heavy (non-hydrogen) atoms. The van der Waals surface area contributed by atoms with Crippen LogP contribution in [0.4, 0.5) is 5.69 Å². The van der Waals surface area contributed by atoms with Crippen LogP contribution in [-0.4, -0.2) is 22.9 Å². The summed E-state index contributed by atoms with van der Waals surface area (Å²) in [6.45, 7) is 0. The smallest absolute Gasteiger partial charge is 0.241 e. The van der Waals surface area contributed by atoms with Crippen molar-refractivity contribution in [1.29, 1.82) is 0 Å². The van der Waals surface area contributed by atoms with Crippen molar-refractivity contribution in [2.24, 2.45) is 7.05 Å². The molecule has 2 aromatic heterocycles. The fourth-order valence-corrected chi connectivity index (χ4v) is 3.22. The highest BCUT2D eigenvalue weighted by Gasteiger charge is 2.28. The Hall–Kier alpha value is -3.54. The van der Waals surface area contributed by atoms with Gasteiger partial charge in [0.15, 0.2) is 17.5 Å². The molecule has 0 spiro atoms. The maximum atomic E-state index is 13.4. The molecule has 1 atom stereocenters. The second kappa shape index (κ2) is 6.99. The van der Waals surface area contributed by atoms with Crippen molar-refractivity contribution < 1.29 is 14.1 Å². The summed E-state index contributed by atoms with van der Waals surface area (Å²) in [7, 11) is 3.54. The minimum Gasteiger partial charge on any atom is -0.497 e. The molecule has 6 heteroatoms. The summed E-state index contributed by atoms with van der Waals surface area (Å²) in [5, 5.41) is 4.26. The lowest BCUT2D eigenvalue weighted by Gasteiger charge is -2.16. The zero-order valence-corrected chi connectivity index (χ0v) is 15.2. The average Bonchev–Trinajstić information content (AvgIpc) is 3.32. The van der Waals surface area contributed by atoms with Crippen LogP contribution in [0.5, 0.6) is 5.75 Å². The largest absolute Gasteiger partial charge is 0.497 e. The number of carbonyl (C=O) groups excluding carboxylic acids is 1. The van der Waals surface area contributed by atoms with Gasteiger partial charge in [-0.2, -0.15) is 0 Å². The van der Waals surface area contributed by atoms with Crippen LogP contribution in [0.3, 0.4) is 0 Å². The van der Waals surface area contributed by atoms with E-state index in [2.05, 4.69) is 15.3 Å². The summed E-state index contributed by atoms with van der Waals surface area (Å²) in [5.74, 6) is 0.716. The molecule has 4 rings (SSSR count). The number of H-pyrrole nitrogens is 2. The van der Waals surface area contributed by atoms with E-state index in [0.29, 0.717) is 5.56 Å². The minimum absolute atomic E-state index is 0.0160. The Bertz CT molecular complexity index is 1100. The number of ketones is 1. The third kappa shape index (κ3) is 3.29. The molecule has 1 unspecified atom stereocenters. The summed E-state index contributed by atoms with van der Waals surface area (Å²) < 4.78 is 7.18. The molecule has 0 aliphatic heterocycles. The van der Waals surface area contributed by atoms with Gasteiger partial charge in [-0.15, -0.1) is 0 Å². The van der Waals surface area contributed by atoms with Gasteiger partial charge in [-0.05, 0) is 18.2 Å². The van der Waals surface area contributed by atoms with E-state index in [4.69, 9.17) is 4.74 Å². The van der Waals surface area contributed by atoms with Crippen LogP contribution in [-0.2, 0) is 7.05 Å². The van der Waals surface area contributed by atoms with Crippen LogP contribution >= 0.6 is 0 Å². The quantitative estimate of drug-likeness (QED) is 0.364. The van der Waals surface area contributed by atoms with E-state index in [1.54, 1.807) is 13.3 Å². The Morgan fingerprint density at radius 3 is 2.78 bits per heavy atom. The zero-order valence-electron chi connectivity index (χ0n) is 15.2. The number of para-hydroxylation sites is 1. The molecule has 3 N–H and O–H groups in total. The highest BCUT2D eigenvalue weighted by atomic mass is 16.5. The molecule has 0 saturated heterocycles. The predicted molar refractivity (Wildman–Crippen MR) is 104 cm³/mol. The Balaban J connectivity index is 1.74. The third-order valence-electron chi connectivity index (χ3n) is 4.59. The summed E-state index contributed by atoms with van der Waals surface area (Å²) in [6, 6.07) is 14.8. The van der Waals surface area contributed by atoms with Gasteiger partial charge in [0, 0.05) is 34.4 Å². The van der Waals surface area contributed by atoms with E-state index in [0.717, 1.165) is 28.0 Å². The second-order valence-corrected chi connectivity index (χ2v) is 6.44. The molecule has 4 aromatic rings. The molecule has 136 valence electrons. The van der Waals surface area contributed by atoms with E-state index in [-0.39, 0.29) is 5.78 Å². The number of fused-ring (bicyclic) bond motifs is 1. The summed E-state index contributed by atoms with van der Waals surface area (Å²) in [4.78, 5) is 19.8. The van der Waals surface area contributed by atoms with E-state index >= 15 is 0 Å². The van der Waals surface area contributed by atoms with Crippen molar-refractivity contribution in [3.8, 4) is 5.75 Å². The molecule has 0 fully saturated rings. The van der Waals surface area contributed by atoms with E-state index in [9.17, 15) is 4.79 Å². The molecule has 6 nitrogen and oxygen atoms in total. The lowest BCUT2D eigenvalue weighted by molar-refractivity contribution is -0.670. The Morgan fingerprint density at radius 1 is 1.15 bits per heavy atom. The molecular formula is C21H21N4O2+. The van der Waals surface area contributed by atoms with Crippen molar-refractivity contribution in [2.45, 2.75) is 6.04 Å². The molecule has 0 aliphatic carbocycles. The third-order valence-corrected chi connectivity index (χ3v) is 4.59. The number of ether oxygens (including phenoxy) is 1. The number of anilines is 1. The van der Waals surface area contributed by atoms with Gasteiger partial charge in [-0.1, -0.05) is 24.3 Å². The van der Waals surface area contributed by atoms with Gasteiger partial charge in [-0.3, -0.25) is 4.79 Å². The number of hydrogen-bond donors (Lipinski definition) is 3. The van der Waals surface area contributed by atoms with Gasteiger partial charge in [-0.25, -0.2) is 9.55 Å². The Morgan fingerprint density at radius 2 is 2.00 bits per heavy atom. The summed E-state index contributed by atoms with van der Waals surface area (Å²) in [6.07, 6.45) is 5.50. The van der Waals surface area contributed by atoms with Crippen LogP contribution in [0, 0.1) is 0 Å². The molecule has 2 aromatic carbocycles. The Labute approximate surface area is 156 Å². The maximum Gasteiger partial charge on any atom is 0.241 e. The maximum absolute atomic E-state index is 13.4. The fraction of sp³-hybridized carbons (Fsp3) is 0.143. The molecule has 2 heterocycles. The van der Waals surface area contributed by atoms with Crippen LogP contribution < -0.4 is 14.6 Å². The van der Waals surface area contributed by atoms with Gasteiger partial charge in [0.05, 0.1) is 14.2 Å². The van der Waals surface area contributed by atoms with Crippen LogP contribution in [0.2, 0.25) is 0 Å². The topological polar surface area (TPSA) is 73.8 Å². The highest BCUT2D eigenvalue weighted by molar-refractivity contribution is 6.11. The van der Waals surface area contributed by atoms with Gasteiger partial charge in [0.25, 0.3) is 0 Å². The minimum atomic E-state index is -0.558. The zero-order chi connectivity index (χ0) is 18.8. The van der Waals surface area contributed by atoms with Crippen molar-refractivity contribution in [2.75, 3.05) is 12.4 Å². The van der Waals surface area contributed by atoms with Crippen LogP contribution in [0.25, 0.3) is 10.9 Å². The van der Waals surface area contributed by atoms with Crippen molar-refractivity contribution in [3.63, 3.8) is 0 Å². The number of aromatic amines is 2. The highest BCUT2D eigenvalue weighted by Crippen LogP contribution is 2.27. The van der Waals surface area contributed by atoms with Crippen LogP contribution in [0.1, 0.15) is 22.1 Å². The van der Waals surface area contributed by atoms with Crippen molar-refractivity contribution in [3.05, 3.63) is 78.5 Å². The SMILES string of the molecule is COc1cccc(NC(C(=O)c2c[nH]c3ccccc23)c2c[n+](C)c[nH]2)c1. The fourth-order valence-electron chi connectivity index (χ4n) is 3.22. The number of carbonyl (C=O) groups is 1. The lowest BCUT2D eigenvalue weighted by atomic mass is 10.0. The number of aryl methyl sites for hydroxylation is 1. The molecule has 0 bridgehead atoms. The van der Waals surface area contributed by atoms with Gasteiger partial charge < -0.3 is 15.0 Å². The number of Topliss-reactive ketones (excluding diaryl/α,β-unsaturated/α-hetero) is 1. The first kappa shape index (κ1) is 16.9. The monoisotopic (exact) mass is 361 g/mol. The number of nitrogens with zero attached hydrogens (tertiary/aromatic N) is 1. The van der Waals surface area contributed by atoms with Gasteiger partial charge in [0.2, 0.25) is 6.33 Å². The first-order chi connectivity index (χ1) is 13.2. The van der Waals surface area contributed by atoms with Crippen LogP contribution in [0.15, 0.2) is 67.3 Å². The van der Waals surface area contributed by atoms with Gasteiger partial charge >= 0.3 is 0 Å². The summed E-state index contributed by atoms with van der Waals surface area (Å²) >= 11 is 0. The number of nitrogens with one attached hydrogen (secondary N) is 3. The summed E-state index contributed by atoms with van der Waals surface area (Å²) in [5.41, 5.74) is 3.20. The van der Waals surface area contributed by atoms with E-state index in [1.165, 1.54) is 0 Å². The molecule has 0 aliphatic rings. The van der Waals surface area contributed by atoms with E-state index < -0.39 is 6.04 Å². The first-order valence-electron chi connectivity index (χ1n) is 8.70. The Kier molecular flexibility index (Phi) is 4.38. The average molecular weight is 361 g/mol. The number of benzene rings is 2. The number of methoxy groups -OCH3 is 1. The second-order valence-electron chi connectivity index (χ2n) is 6.44. The molecular weight excluding hydrogens is 340 g/mol. The predicted octanol–water partition coefficient (Wildman–Crippen LogP) is 3.37. The lowest BCUT2D eigenvalue weighted by Crippen LogP contribution is -2.25. The number of aromatic nitrogens is 3. The standard InChI is InChI=1S/C21H20N4O2/c1-25-12-19(23-13-25)20(24-14-6-5-7-15(10-14)27-2)21(26)17-11-22-18-9-4-3-8-16(17)18/h3-13,20,24H,1-2H3,(H,22,26)/p+1. The van der Waals surface area contributed by atoms with Crippen molar-refractivity contribution in [1.82, 2.24) is 9.97 Å². The number of rotatable bonds is 6. The van der Waals surface area contributed by atoms with Crippen molar-refractivity contribution >= 4 is 22.4 Å². The first-order valence-corrected chi connectivity index (χ1v) is 8.70. The molecule has 0 saturated carbocycles. The number of hydrogen-bond acceptors (Lipinski definition) is 3. The normalized spacial score (nSPS) is 12.1. The molecule has 0 amide bonds. The van der Waals surface area contributed by atoms with Gasteiger partial charge in [0.1, 0.15) is 11.9 Å². The molecule has 0 radical (unpaired) electrons. The van der Waals surface area contributed by atoms with E-state index in [1.807, 2.05) is 72.7 Å². The number of imidazole rings is 1.